The summed E-state index contributed by atoms with van der Waals surface area (Å²) < 4.78 is 10.4. The molecule has 1 atom stereocenters. The first kappa shape index (κ1) is 21.8. The second kappa shape index (κ2) is 13.0. The number of hydrogen-bond acceptors (Lipinski definition) is 4. The number of carbonyl (C=O) groups is 1. The number of benzene rings is 1. The first-order chi connectivity index (χ1) is 12.6. The molecule has 0 bridgehead atoms. The summed E-state index contributed by atoms with van der Waals surface area (Å²) in [6.07, 6.45) is 10.7. The molecule has 144 valence electrons. The van der Waals surface area contributed by atoms with Crippen molar-refractivity contribution in [1.29, 1.82) is 0 Å². The molecule has 0 saturated heterocycles. The Morgan fingerprint density at radius 2 is 1.81 bits per heavy atom. The zero-order valence-electron chi connectivity index (χ0n) is 16.4. The Bertz CT molecular complexity index is 563. The van der Waals surface area contributed by atoms with Crippen molar-refractivity contribution in [3.63, 3.8) is 0 Å². The molecule has 4 nitrogen and oxygen atoms in total. The Morgan fingerprint density at radius 1 is 1.15 bits per heavy atom. The molecular formula is C22H33NO3. The number of carbonyl (C=O) groups excluding carboxylic acids is 1. The predicted molar refractivity (Wildman–Crippen MR) is 108 cm³/mol. The van der Waals surface area contributed by atoms with Crippen molar-refractivity contribution >= 4 is 11.7 Å². The van der Waals surface area contributed by atoms with E-state index in [0.717, 1.165) is 30.2 Å². The number of esters is 1. The molecule has 0 aliphatic heterocycles. The average Bonchev–Trinajstić information content (AvgIpc) is 2.66. The molecule has 4 heteroatoms. The molecule has 0 aliphatic rings. The third-order valence-corrected chi connectivity index (χ3v) is 4.20. The minimum atomic E-state index is -0.364. The van der Waals surface area contributed by atoms with E-state index >= 15 is 0 Å². The van der Waals surface area contributed by atoms with Crippen LogP contribution in [0, 0.1) is 5.92 Å². The van der Waals surface area contributed by atoms with E-state index in [0.29, 0.717) is 0 Å². The van der Waals surface area contributed by atoms with Gasteiger partial charge in [0.25, 0.3) is 0 Å². The number of nitrogens with one attached hydrogen (secondary N) is 1. The Morgan fingerprint density at radius 3 is 2.46 bits per heavy atom. The minimum Gasteiger partial charge on any atom is -0.494 e. The lowest BCUT2D eigenvalue weighted by molar-refractivity contribution is -0.134. The lowest BCUT2D eigenvalue weighted by Gasteiger charge is -2.14. The minimum absolute atomic E-state index is 0.0118. The molecule has 0 heterocycles. The quantitative estimate of drug-likeness (QED) is 0.278. The third-order valence-electron chi connectivity index (χ3n) is 4.20. The lowest BCUT2D eigenvalue weighted by atomic mass is 10.1. The van der Waals surface area contributed by atoms with E-state index in [1.807, 2.05) is 31.2 Å². The second-order valence-corrected chi connectivity index (χ2v) is 6.46. The SMILES string of the molecule is C=C(Nc1ccc(OCCCCCCCC)cc1)[C@@H](C)/C=C/C(=O)OC. The van der Waals surface area contributed by atoms with Crippen LogP contribution in [0.3, 0.4) is 0 Å². The molecule has 1 rings (SSSR count). The molecule has 1 aromatic carbocycles. The van der Waals surface area contributed by atoms with E-state index in [1.54, 1.807) is 6.08 Å². The fraction of sp³-hybridized carbons (Fsp3) is 0.500. The molecule has 0 unspecified atom stereocenters. The summed E-state index contributed by atoms with van der Waals surface area (Å²) in [5, 5.41) is 3.25. The van der Waals surface area contributed by atoms with Crippen LogP contribution in [0.1, 0.15) is 52.4 Å². The van der Waals surface area contributed by atoms with E-state index in [-0.39, 0.29) is 11.9 Å². The summed E-state index contributed by atoms with van der Waals surface area (Å²) in [5.74, 6) is 0.530. The molecule has 0 radical (unpaired) electrons. The van der Waals surface area contributed by atoms with Crippen molar-refractivity contribution in [2.75, 3.05) is 19.0 Å². The molecule has 0 fully saturated rings. The highest BCUT2D eigenvalue weighted by molar-refractivity contribution is 5.81. The van der Waals surface area contributed by atoms with Gasteiger partial charge in [-0.3, -0.25) is 0 Å². The van der Waals surface area contributed by atoms with Crippen LogP contribution in [0.4, 0.5) is 5.69 Å². The van der Waals surface area contributed by atoms with Crippen molar-refractivity contribution in [1.82, 2.24) is 0 Å². The standard InChI is InChI=1S/C22H33NO3/c1-5-6-7-8-9-10-17-26-21-14-12-20(13-15-21)23-19(3)18(2)11-16-22(24)25-4/h11-16,18,23H,3,5-10,17H2,1-2,4H3/b16-11+/t18-/m0/s1. The van der Waals surface area contributed by atoms with Crippen molar-refractivity contribution < 1.29 is 14.3 Å². The number of allylic oxidation sites excluding steroid dienone is 1. The van der Waals surface area contributed by atoms with E-state index in [4.69, 9.17) is 4.74 Å². The van der Waals surface area contributed by atoms with Crippen molar-refractivity contribution in [3.05, 3.63) is 48.7 Å². The molecule has 0 aliphatic carbocycles. The molecule has 0 aromatic heterocycles. The van der Waals surface area contributed by atoms with Crippen LogP contribution >= 0.6 is 0 Å². The molecule has 0 saturated carbocycles. The molecule has 0 amide bonds. The molecular weight excluding hydrogens is 326 g/mol. The van der Waals surface area contributed by atoms with Gasteiger partial charge >= 0.3 is 5.97 Å². The fourth-order valence-corrected chi connectivity index (χ4v) is 2.41. The van der Waals surface area contributed by atoms with Crippen LogP contribution in [0.15, 0.2) is 48.7 Å². The first-order valence-corrected chi connectivity index (χ1v) is 9.51. The summed E-state index contributed by atoms with van der Waals surface area (Å²) >= 11 is 0. The largest absolute Gasteiger partial charge is 0.494 e. The summed E-state index contributed by atoms with van der Waals surface area (Å²) in [4.78, 5) is 11.1. The van der Waals surface area contributed by atoms with Crippen molar-refractivity contribution in [2.24, 2.45) is 5.92 Å². The van der Waals surface area contributed by atoms with Crippen LogP contribution < -0.4 is 10.1 Å². The summed E-state index contributed by atoms with van der Waals surface area (Å²) in [6.45, 7) is 8.98. The summed E-state index contributed by atoms with van der Waals surface area (Å²) in [7, 11) is 1.36. The van der Waals surface area contributed by atoms with E-state index in [9.17, 15) is 4.79 Å². The highest BCUT2D eigenvalue weighted by Crippen LogP contribution is 2.20. The fourth-order valence-electron chi connectivity index (χ4n) is 2.41. The number of hydrogen-bond donors (Lipinski definition) is 1. The third kappa shape index (κ3) is 9.30. The van der Waals surface area contributed by atoms with E-state index < -0.39 is 0 Å². The van der Waals surface area contributed by atoms with Crippen LogP contribution in [0.2, 0.25) is 0 Å². The Kier molecular flexibility index (Phi) is 10.9. The first-order valence-electron chi connectivity index (χ1n) is 9.51. The molecule has 0 spiro atoms. The smallest absolute Gasteiger partial charge is 0.330 e. The van der Waals surface area contributed by atoms with Gasteiger partial charge in [-0.15, -0.1) is 0 Å². The van der Waals surface area contributed by atoms with Gasteiger partial charge in [0.15, 0.2) is 0 Å². The number of ether oxygens (including phenoxy) is 2. The number of unbranched alkanes of at least 4 members (excludes halogenated alkanes) is 5. The molecule has 1 aromatic rings. The number of methoxy groups -OCH3 is 1. The highest BCUT2D eigenvalue weighted by atomic mass is 16.5. The number of anilines is 1. The van der Waals surface area contributed by atoms with Gasteiger partial charge in [0.05, 0.1) is 13.7 Å². The van der Waals surface area contributed by atoms with Gasteiger partial charge in [-0.2, -0.15) is 0 Å². The maximum absolute atomic E-state index is 11.1. The molecule has 1 N–H and O–H groups in total. The number of rotatable bonds is 13. The van der Waals surface area contributed by atoms with Gasteiger partial charge in [-0.05, 0) is 30.7 Å². The topological polar surface area (TPSA) is 47.6 Å². The van der Waals surface area contributed by atoms with Crippen LogP contribution in [-0.2, 0) is 9.53 Å². The lowest BCUT2D eigenvalue weighted by Crippen LogP contribution is -2.06. The van der Waals surface area contributed by atoms with Crippen LogP contribution in [-0.4, -0.2) is 19.7 Å². The van der Waals surface area contributed by atoms with E-state index in [1.165, 1.54) is 45.3 Å². The predicted octanol–water partition coefficient (Wildman–Crippen LogP) is 5.72. The van der Waals surface area contributed by atoms with Gasteiger partial charge in [0, 0.05) is 23.4 Å². The summed E-state index contributed by atoms with van der Waals surface area (Å²) in [6, 6.07) is 7.86. The normalized spacial score (nSPS) is 12.0. The zero-order valence-corrected chi connectivity index (χ0v) is 16.4. The maximum atomic E-state index is 11.1. The average molecular weight is 360 g/mol. The Labute approximate surface area is 158 Å². The Balaban J connectivity index is 2.32. The molecule has 26 heavy (non-hydrogen) atoms. The van der Waals surface area contributed by atoms with Gasteiger partial charge < -0.3 is 14.8 Å². The van der Waals surface area contributed by atoms with Crippen molar-refractivity contribution in [2.45, 2.75) is 52.4 Å². The van der Waals surface area contributed by atoms with Gasteiger partial charge in [-0.25, -0.2) is 4.79 Å². The van der Waals surface area contributed by atoms with Crippen LogP contribution in [0.5, 0.6) is 5.75 Å². The van der Waals surface area contributed by atoms with E-state index in [2.05, 4.69) is 23.6 Å². The highest BCUT2D eigenvalue weighted by Gasteiger charge is 2.05. The zero-order chi connectivity index (χ0) is 19.2. The maximum Gasteiger partial charge on any atom is 0.330 e. The van der Waals surface area contributed by atoms with Crippen LogP contribution in [0.25, 0.3) is 0 Å². The van der Waals surface area contributed by atoms with Gasteiger partial charge in [0.2, 0.25) is 0 Å². The van der Waals surface area contributed by atoms with Gasteiger partial charge in [0.1, 0.15) is 5.75 Å². The van der Waals surface area contributed by atoms with Crippen molar-refractivity contribution in [3.8, 4) is 5.75 Å². The summed E-state index contributed by atoms with van der Waals surface area (Å²) in [5.41, 5.74) is 1.76. The second-order valence-electron chi connectivity index (χ2n) is 6.46. The van der Waals surface area contributed by atoms with Gasteiger partial charge in [-0.1, -0.05) is 58.6 Å². The Hall–Kier alpha value is -2.23. The monoisotopic (exact) mass is 359 g/mol.